The van der Waals surface area contributed by atoms with E-state index < -0.39 is 6.10 Å². The molecule has 4 heteroatoms. The molecule has 45 heavy (non-hydrogen) atoms. The molecule has 0 bridgehead atoms. The third-order valence-electron chi connectivity index (χ3n) is 9.43. The molecule has 1 N–H and O–H groups in total. The lowest BCUT2D eigenvalue weighted by atomic mass is 10.0. The van der Waals surface area contributed by atoms with E-state index in [9.17, 15) is 9.90 Å². The van der Waals surface area contributed by atoms with Crippen LogP contribution in [0, 0.1) is 0 Å². The molecular formula is C41H82O4. The number of ether oxygens (including phenoxy) is 2. The van der Waals surface area contributed by atoms with Crippen LogP contribution in [0.15, 0.2) is 0 Å². The molecule has 4 nitrogen and oxygen atoms in total. The van der Waals surface area contributed by atoms with Gasteiger partial charge < -0.3 is 14.6 Å². The molecule has 0 saturated heterocycles. The standard InChI is InChI=1S/C41H82O4/c1-3-5-7-9-11-13-15-17-19-20-21-22-24-26-28-30-32-34-36-41(43)45-40(38-42)39-44-37-35-33-31-29-27-25-23-18-16-14-12-10-8-6-4-2/h40,42H,3-39H2,1-2H3. The molecule has 0 aromatic carbocycles. The highest BCUT2D eigenvalue weighted by Crippen LogP contribution is 2.16. The van der Waals surface area contributed by atoms with E-state index in [0.717, 1.165) is 19.3 Å². The number of carbonyl (C=O) groups is 1. The van der Waals surface area contributed by atoms with Gasteiger partial charge in [0.1, 0.15) is 6.10 Å². The van der Waals surface area contributed by atoms with Crippen LogP contribution in [0.2, 0.25) is 0 Å². The van der Waals surface area contributed by atoms with Crippen molar-refractivity contribution in [1.82, 2.24) is 0 Å². The molecule has 0 aliphatic rings. The molecule has 1 unspecified atom stereocenters. The highest BCUT2D eigenvalue weighted by atomic mass is 16.6. The predicted molar refractivity (Wildman–Crippen MR) is 196 cm³/mol. The normalized spacial score (nSPS) is 12.2. The molecule has 0 aliphatic heterocycles. The van der Waals surface area contributed by atoms with E-state index in [0.29, 0.717) is 19.6 Å². The lowest BCUT2D eigenvalue weighted by molar-refractivity contribution is -0.154. The molecule has 0 rings (SSSR count). The fourth-order valence-electron chi connectivity index (χ4n) is 6.33. The maximum Gasteiger partial charge on any atom is 0.306 e. The molecular weight excluding hydrogens is 556 g/mol. The highest BCUT2D eigenvalue weighted by molar-refractivity contribution is 5.69. The Morgan fingerprint density at radius 3 is 1.04 bits per heavy atom. The van der Waals surface area contributed by atoms with Crippen molar-refractivity contribution in [1.29, 1.82) is 0 Å². The van der Waals surface area contributed by atoms with Crippen LogP contribution < -0.4 is 0 Å². The highest BCUT2D eigenvalue weighted by Gasteiger charge is 2.13. The number of aliphatic hydroxyl groups is 1. The molecule has 0 aromatic rings. The fraction of sp³-hybridized carbons (Fsp3) is 0.976. The van der Waals surface area contributed by atoms with Crippen LogP contribution >= 0.6 is 0 Å². The van der Waals surface area contributed by atoms with E-state index >= 15 is 0 Å². The van der Waals surface area contributed by atoms with Crippen LogP contribution in [-0.4, -0.2) is 37.0 Å². The van der Waals surface area contributed by atoms with Crippen LogP contribution in [-0.2, 0) is 14.3 Å². The van der Waals surface area contributed by atoms with E-state index in [-0.39, 0.29) is 12.6 Å². The van der Waals surface area contributed by atoms with Gasteiger partial charge in [-0.2, -0.15) is 0 Å². The third-order valence-corrected chi connectivity index (χ3v) is 9.43. The summed E-state index contributed by atoms with van der Waals surface area (Å²) in [6.45, 7) is 5.40. The Kier molecular flexibility index (Phi) is 39.0. The van der Waals surface area contributed by atoms with Crippen LogP contribution in [0.3, 0.4) is 0 Å². The lowest BCUT2D eigenvalue weighted by Crippen LogP contribution is -2.27. The fourth-order valence-corrected chi connectivity index (χ4v) is 6.33. The van der Waals surface area contributed by atoms with Crippen molar-refractivity contribution in [2.45, 2.75) is 238 Å². The van der Waals surface area contributed by atoms with Gasteiger partial charge in [0, 0.05) is 13.0 Å². The first-order valence-corrected chi connectivity index (χ1v) is 20.6. The first-order chi connectivity index (χ1) is 22.2. The topological polar surface area (TPSA) is 55.8 Å². The van der Waals surface area contributed by atoms with Crippen molar-refractivity contribution in [2.75, 3.05) is 19.8 Å². The van der Waals surface area contributed by atoms with E-state index in [1.807, 2.05) is 0 Å². The maximum atomic E-state index is 12.2. The summed E-state index contributed by atoms with van der Waals surface area (Å²) in [6.07, 6.45) is 44.4. The van der Waals surface area contributed by atoms with Gasteiger partial charge in [-0.05, 0) is 12.8 Å². The van der Waals surface area contributed by atoms with Crippen LogP contribution in [0.4, 0.5) is 0 Å². The van der Waals surface area contributed by atoms with Gasteiger partial charge in [0.15, 0.2) is 0 Å². The SMILES string of the molecule is CCCCCCCCCCCCCCCCCCCCC(=O)OC(CO)COCCCCCCCCCCCCCCCCC. The van der Waals surface area contributed by atoms with Crippen molar-refractivity contribution in [2.24, 2.45) is 0 Å². The number of aliphatic hydroxyl groups excluding tert-OH is 1. The van der Waals surface area contributed by atoms with Crippen molar-refractivity contribution in [3.8, 4) is 0 Å². The Morgan fingerprint density at radius 1 is 0.444 bits per heavy atom. The summed E-state index contributed by atoms with van der Waals surface area (Å²) < 4.78 is 11.2. The largest absolute Gasteiger partial charge is 0.457 e. The van der Waals surface area contributed by atoms with Crippen molar-refractivity contribution >= 4 is 5.97 Å². The monoisotopic (exact) mass is 639 g/mol. The van der Waals surface area contributed by atoms with E-state index in [2.05, 4.69) is 13.8 Å². The molecule has 1 atom stereocenters. The zero-order valence-electron chi connectivity index (χ0n) is 30.9. The number of rotatable bonds is 39. The minimum atomic E-state index is -0.524. The number of hydrogen-bond acceptors (Lipinski definition) is 4. The summed E-state index contributed by atoms with van der Waals surface area (Å²) >= 11 is 0. The number of carbonyl (C=O) groups excluding carboxylic acids is 1. The average molecular weight is 639 g/mol. The van der Waals surface area contributed by atoms with Gasteiger partial charge in [0.25, 0.3) is 0 Å². The Balaban J connectivity index is 3.36. The van der Waals surface area contributed by atoms with Gasteiger partial charge in [-0.1, -0.05) is 213 Å². The van der Waals surface area contributed by atoms with Crippen LogP contribution in [0.25, 0.3) is 0 Å². The second kappa shape index (κ2) is 39.6. The van der Waals surface area contributed by atoms with Gasteiger partial charge >= 0.3 is 5.97 Å². The zero-order valence-corrected chi connectivity index (χ0v) is 30.9. The molecule has 0 fully saturated rings. The Bertz CT molecular complexity index is 552. The second-order valence-corrected chi connectivity index (χ2v) is 14.1. The summed E-state index contributed by atoms with van der Waals surface area (Å²) in [5, 5.41) is 9.58. The Labute approximate surface area is 283 Å². The molecule has 0 radical (unpaired) electrons. The summed E-state index contributed by atoms with van der Waals surface area (Å²) in [5.74, 6) is -0.193. The van der Waals surface area contributed by atoms with Crippen LogP contribution in [0.1, 0.15) is 232 Å². The maximum absolute atomic E-state index is 12.2. The number of esters is 1. The van der Waals surface area contributed by atoms with Gasteiger partial charge in [0.05, 0.1) is 13.2 Å². The first kappa shape index (κ1) is 44.4. The summed E-state index contributed by atoms with van der Waals surface area (Å²) in [6, 6.07) is 0. The minimum absolute atomic E-state index is 0.163. The van der Waals surface area contributed by atoms with Gasteiger partial charge in [-0.15, -0.1) is 0 Å². The van der Waals surface area contributed by atoms with Crippen molar-refractivity contribution < 1.29 is 19.4 Å². The Morgan fingerprint density at radius 2 is 0.733 bits per heavy atom. The molecule has 0 saturated carbocycles. The van der Waals surface area contributed by atoms with Gasteiger partial charge in [-0.25, -0.2) is 0 Å². The van der Waals surface area contributed by atoms with E-state index in [4.69, 9.17) is 9.47 Å². The minimum Gasteiger partial charge on any atom is -0.457 e. The van der Waals surface area contributed by atoms with Crippen LogP contribution in [0.5, 0.6) is 0 Å². The van der Waals surface area contributed by atoms with Crippen molar-refractivity contribution in [3.63, 3.8) is 0 Å². The average Bonchev–Trinajstić information content (AvgIpc) is 3.05. The lowest BCUT2D eigenvalue weighted by Gasteiger charge is -2.16. The molecule has 0 heterocycles. The molecule has 0 aliphatic carbocycles. The number of unbranched alkanes of at least 4 members (excludes halogenated alkanes) is 31. The quantitative estimate of drug-likeness (QED) is 0.0537. The van der Waals surface area contributed by atoms with E-state index in [1.54, 1.807) is 0 Å². The summed E-state index contributed by atoms with van der Waals surface area (Å²) in [7, 11) is 0. The number of hydrogen-bond donors (Lipinski definition) is 1. The summed E-state index contributed by atoms with van der Waals surface area (Å²) in [5.41, 5.74) is 0. The van der Waals surface area contributed by atoms with Gasteiger partial charge in [-0.3, -0.25) is 4.79 Å². The zero-order chi connectivity index (χ0) is 32.7. The summed E-state index contributed by atoms with van der Waals surface area (Å²) in [4.78, 5) is 12.2. The molecule has 0 spiro atoms. The smallest absolute Gasteiger partial charge is 0.306 e. The predicted octanol–water partition coefficient (Wildman–Crippen LogP) is 13.2. The molecule has 0 amide bonds. The van der Waals surface area contributed by atoms with E-state index in [1.165, 1.54) is 193 Å². The molecule has 0 aromatic heterocycles. The second-order valence-electron chi connectivity index (χ2n) is 14.1. The van der Waals surface area contributed by atoms with Gasteiger partial charge in [0.2, 0.25) is 0 Å². The van der Waals surface area contributed by atoms with Crippen molar-refractivity contribution in [3.05, 3.63) is 0 Å². The molecule has 270 valence electrons. The Hall–Kier alpha value is -0.610. The first-order valence-electron chi connectivity index (χ1n) is 20.6. The third kappa shape index (κ3) is 37.7.